The Hall–Kier alpha value is -2.44. The fraction of sp³-hybridized carbons (Fsp3) is 0.364. The number of carbonyl (C=O) groups excluding carboxylic acids is 3. The normalized spacial score (nSPS) is 14.5. The minimum absolute atomic E-state index is 0.00780. The van der Waals surface area contributed by atoms with E-state index < -0.39 is 5.97 Å². The summed E-state index contributed by atoms with van der Waals surface area (Å²) in [5.74, 6) is -0.835. The lowest BCUT2D eigenvalue weighted by Crippen LogP contribution is -2.40. The van der Waals surface area contributed by atoms with E-state index in [1.165, 1.54) is 6.07 Å². The van der Waals surface area contributed by atoms with Crippen molar-refractivity contribution in [2.45, 2.75) is 26.7 Å². The highest BCUT2D eigenvalue weighted by Crippen LogP contribution is 2.27. The lowest BCUT2D eigenvalue weighted by atomic mass is 9.89. The lowest BCUT2D eigenvalue weighted by Gasteiger charge is -2.31. The van der Waals surface area contributed by atoms with Gasteiger partial charge in [-0.2, -0.15) is 0 Å². The second-order valence-corrected chi connectivity index (χ2v) is 7.92. The third kappa shape index (κ3) is 4.82. The minimum Gasteiger partial charge on any atom is -0.462 e. The number of esters is 1. The number of amides is 1. The molecular weight excluding hydrogens is 427 g/mol. The molecule has 0 spiro atoms. The van der Waals surface area contributed by atoms with Crippen LogP contribution in [0.4, 0.5) is 0 Å². The largest absolute Gasteiger partial charge is 0.462 e. The number of benzene rings is 1. The van der Waals surface area contributed by atoms with E-state index in [2.05, 4.69) is 4.98 Å². The van der Waals surface area contributed by atoms with Gasteiger partial charge in [0, 0.05) is 24.6 Å². The first kappa shape index (κ1) is 22.2. The fourth-order valence-corrected chi connectivity index (χ4v) is 3.79. The summed E-state index contributed by atoms with van der Waals surface area (Å²) in [6.45, 7) is 4.59. The average Bonchev–Trinajstić information content (AvgIpc) is 2.74. The number of halogens is 2. The maximum absolute atomic E-state index is 12.8. The molecule has 1 saturated heterocycles. The van der Waals surface area contributed by atoms with Crippen molar-refractivity contribution in [2.24, 2.45) is 5.92 Å². The molecule has 0 saturated carbocycles. The molecule has 1 aliphatic heterocycles. The molecule has 0 N–H and O–H groups in total. The molecule has 3 rings (SSSR count). The van der Waals surface area contributed by atoms with Gasteiger partial charge < -0.3 is 9.64 Å². The van der Waals surface area contributed by atoms with Crippen LogP contribution in [0.2, 0.25) is 10.0 Å². The van der Waals surface area contributed by atoms with Crippen molar-refractivity contribution in [2.75, 3.05) is 19.7 Å². The zero-order valence-corrected chi connectivity index (χ0v) is 18.3. The van der Waals surface area contributed by atoms with Crippen molar-refractivity contribution in [3.8, 4) is 0 Å². The van der Waals surface area contributed by atoms with E-state index in [9.17, 15) is 14.4 Å². The maximum Gasteiger partial charge on any atom is 0.339 e. The van der Waals surface area contributed by atoms with Crippen LogP contribution >= 0.6 is 23.2 Å². The van der Waals surface area contributed by atoms with Crippen LogP contribution in [0.5, 0.6) is 0 Å². The van der Waals surface area contributed by atoms with Gasteiger partial charge in [0.05, 0.1) is 27.9 Å². The molecule has 1 fully saturated rings. The van der Waals surface area contributed by atoms with Gasteiger partial charge in [0.25, 0.3) is 5.91 Å². The monoisotopic (exact) mass is 448 g/mol. The molecule has 0 aliphatic carbocycles. The molecule has 1 amide bonds. The van der Waals surface area contributed by atoms with E-state index in [0.29, 0.717) is 52.8 Å². The number of aromatic nitrogens is 1. The summed E-state index contributed by atoms with van der Waals surface area (Å²) in [6.07, 6.45) is 1.12. The summed E-state index contributed by atoms with van der Waals surface area (Å²) in [7, 11) is 0. The molecule has 2 aromatic rings. The lowest BCUT2D eigenvalue weighted by molar-refractivity contribution is 0.0523. The van der Waals surface area contributed by atoms with E-state index in [-0.39, 0.29) is 29.9 Å². The summed E-state index contributed by atoms with van der Waals surface area (Å²) >= 11 is 11.9. The van der Waals surface area contributed by atoms with Gasteiger partial charge in [0.15, 0.2) is 5.78 Å². The first-order chi connectivity index (χ1) is 14.3. The number of ether oxygens (including phenoxy) is 1. The van der Waals surface area contributed by atoms with E-state index in [1.807, 2.05) is 0 Å². The molecule has 2 heterocycles. The zero-order valence-electron chi connectivity index (χ0n) is 16.8. The van der Waals surface area contributed by atoms with Crippen LogP contribution in [0, 0.1) is 12.8 Å². The van der Waals surface area contributed by atoms with Gasteiger partial charge in [-0.1, -0.05) is 23.2 Å². The Morgan fingerprint density at radius 3 is 2.40 bits per heavy atom. The molecule has 6 nitrogen and oxygen atoms in total. The summed E-state index contributed by atoms with van der Waals surface area (Å²) < 4.78 is 4.99. The van der Waals surface area contributed by atoms with Crippen LogP contribution in [0.3, 0.4) is 0 Å². The second-order valence-electron chi connectivity index (χ2n) is 7.11. The zero-order chi connectivity index (χ0) is 21.8. The highest BCUT2D eigenvalue weighted by atomic mass is 35.5. The molecule has 0 unspecified atom stereocenters. The standard InChI is InChI=1S/C22H22Cl2N2O4/c1-3-30-22(29)16-5-7-19(25-13(16)2)21(28)26-10-8-14(9-11-26)20(27)15-4-6-17(23)18(24)12-15/h4-7,12,14H,3,8-11H2,1-2H3. The van der Waals surface area contributed by atoms with Crippen LogP contribution in [0.25, 0.3) is 0 Å². The maximum atomic E-state index is 12.8. The number of nitrogens with zero attached hydrogens (tertiary/aromatic N) is 2. The number of pyridine rings is 1. The molecule has 8 heteroatoms. The van der Waals surface area contributed by atoms with Gasteiger partial charge in [-0.05, 0) is 57.0 Å². The van der Waals surface area contributed by atoms with Crippen LogP contribution in [-0.2, 0) is 4.74 Å². The molecule has 0 radical (unpaired) electrons. The van der Waals surface area contributed by atoms with Gasteiger partial charge in [-0.25, -0.2) is 9.78 Å². The van der Waals surface area contributed by atoms with Crippen molar-refractivity contribution >= 4 is 40.9 Å². The van der Waals surface area contributed by atoms with E-state index in [1.54, 1.807) is 43.0 Å². The Morgan fingerprint density at radius 2 is 1.80 bits per heavy atom. The highest BCUT2D eigenvalue weighted by Gasteiger charge is 2.29. The predicted octanol–water partition coefficient (Wildman–Crippen LogP) is 4.61. The van der Waals surface area contributed by atoms with Gasteiger partial charge in [-0.15, -0.1) is 0 Å². The number of piperidine rings is 1. The van der Waals surface area contributed by atoms with Crippen molar-refractivity contribution in [1.29, 1.82) is 0 Å². The Balaban J connectivity index is 1.64. The fourth-order valence-electron chi connectivity index (χ4n) is 3.50. The number of rotatable bonds is 5. The minimum atomic E-state index is -0.455. The number of carbonyl (C=O) groups is 3. The molecule has 1 aromatic heterocycles. The highest BCUT2D eigenvalue weighted by molar-refractivity contribution is 6.42. The Bertz CT molecular complexity index is 985. The number of hydrogen-bond acceptors (Lipinski definition) is 5. The Kier molecular flexibility index (Phi) is 7.10. The van der Waals surface area contributed by atoms with Crippen LogP contribution in [-0.4, -0.2) is 47.2 Å². The van der Waals surface area contributed by atoms with E-state index >= 15 is 0 Å². The summed E-state index contributed by atoms with van der Waals surface area (Å²) in [5, 5.41) is 0.758. The van der Waals surface area contributed by atoms with E-state index in [0.717, 1.165) is 0 Å². The van der Waals surface area contributed by atoms with Gasteiger partial charge >= 0.3 is 5.97 Å². The molecule has 30 heavy (non-hydrogen) atoms. The van der Waals surface area contributed by atoms with Crippen molar-refractivity contribution in [3.63, 3.8) is 0 Å². The van der Waals surface area contributed by atoms with Gasteiger partial charge in [0.2, 0.25) is 0 Å². The Labute approximate surface area is 185 Å². The SMILES string of the molecule is CCOC(=O)c1ccc(C(=O)N2CCC(C(=O)c3ccc(Cl)c(Cl)c3)CC2)nc1C. The summed E-state index contributed by atoms with van der Waals surface area (Å²) in [4.78, 5) is 43.4. The van der Waals surface area contributed by atoms with Crippen molar-refractivity contribution < 1.29 is 19.1 Å². The van der Waals surface area contributed by atoms with Gasteiger partial charge in [0.1, 0.15) is 5.69 Å². The van der Waals surface area contributed by atoms with Gasteiger partial charge in [-0.3, -0.25) is 9.59 Å². The molecule has 1 aliphatic rings. The quantitative estimate of drug-likeness (QED) is 0.492. The Morgan fingerprint density at radius 1 is 1.10 bits per heavy atom. The van der Waals surface area contributed by atoms with E-state index in [4.69, 9.17) is 27.9 Å². The summed E-state index contributed by atoms with van der Waals surface area (Å²) in [6, 6.07) is 7.97. The molecule has 1 aromatic carbocycles. The molecular formula is C22H22Cl2N2O4. The third-order valence-corrected chi connectivity index (χ3v) is 5.90. The van der Waals surface area contributed by atoms with Crippen LogP contribution in [0.15, 0.2) is 30.3 Å². The number of Topliss-reactive ketones (excluding diaryl/α,β-unsaturated/α-hetero) is 1. The number of aryl methyl sites for hydroxylation is 1. The first-order valence-electron chi connectivity index (χ1n) is 9.75. The second kappa shape index (κ2) is 9.58. The predicted molar refractivity (Wildman–Crippen MR) is 114 cm³/mol. The third-order valence-electron chi connectivity index (χ3n) is 5.16. The van der Waals surface area contributed by atoms with Crippen LogP contribution in [0.1, 0.15) is 56.7 Å². The van der Waals surface area contributed by atoms with Crippen molar-refractivity contribution in [3.05, 3.63) is 62.9 Å². The van der Waals surface area contributed by atoms with Crippen LogP contribution < -0.4 is 0 Å². The number of ketones is 1. The van der Waals surface area contributed by atoms with Crippen molar-refractivity contribution in [1.82, 2.24) is 9.88 Å². The molecule has 0 bridgehead atoms. The number of likely N-dealkylation sites (tertiary alicyclic amines) is 1. The summed E-state index contributed by atoms with van der Waals surface area (Å²) in [5.41, 5.74) is 1.60. The average molecular weight is 449 g/mol. The molecule has 158 valence electrons. The smallest absolute Gasteiger partial charge is 0.339 e. The topological polar surface area (TPSA) is 76.6 Å². The first-order valence-corrected chi connectivity index (χ1v) is 10.5. The molecule has 0 atom stereocenters. The number of hydrogen-bond donors (Lipinski definition) is 0.